The van der Waals surface area contributed by atoms with Gasteiger partial charge in [-0.25, -0.2) is 9.55 Å². The van der Waals surface area contributed by atoms with Crippen LogP contribution in [0.4, 0.5) is 0 Å². The Morgan fingerprint density at radius 1 is 0.544 bits per heavy atom. The van der Waals surface area contributed by atoms with E-state index in [2.05, 4.69) is 228 Å². The first-order valence-electron chi connectivity index (χ1n) is 19.2. The Kier molecular flexibility index (Phi) is 9.66. The molecule has 7 aromatic carbocycles. The van der Waals surface area contributed by atoms with Crippen LogP contribution in [-0.4, -0.2) is 26.8 Å². The second kappa shape index (κ2) is 15.1. The van der Waals surface area contributed by atoms with Crippen molar-refractivity contribution in [3.05, 3.63) is 212 Å². The number of hydrogen-bond acceptors (Lipinski definition) is 1. The van der Waals surface area contributed by atoms with Crippen molar-refractivity contribution in [2.45, 2.75) is 19.8 Å². The quantitative estimate of drug-likeness (QED) is 0.0849. The number of hydrogen-bond donors (Lipinski definition) is 0. The zero-order chi connectivity index (χ0) is 37.6. The number of fused-ring (bicyclic) bond motifs is 4. The van der Waals surface area contributed by atoms with Crippen LogP contribution in [-0.2, 0) is 21.1 Å². The summed E-state index contributed by atoms with van der Waals surface area (Å²) in [6.45, 7) is 4.47. The second-order valence-electron chi connectivity index (χ2n) is 14.7. The molecule has 0 aliphatic carbocycles. The maximum absolute atomic E-state index is 4.97. The molecule has 0 fully saturated rings. The van der Waals surface area contributed by atoms with Gasteiger partial charge in [-0.2, -0.15) is 45.3 Å². The summed E-state index contributed by atoms with van der Waals surface area (Å²) >= 11 is 0. The van der Waals surface area contributed by atoms with Crippen molar-refractivity contribution in [1.82, 2.24) is 18.7 Å². The number of aromatic nitrogens is 4. The topological polar surface area (TPSA) is 27.7 Å². The number of benzene rings is 7. The molecule has 0 N–H and O–H groups in total. The molecule has 0 amide bonds. The third-order valence-corrected chi connectivity index (χ3v) is 15.8. The Hall–Kier alpha value is -6.13. The van der Waals surface area contributed by atoms with Crippen LogP contribution in [0.25, 0.3) is 50.0 Å². The van der Waals surface area contributed by atoms with Crippen LogP contribution in [0.3, 0.4) is 0 Å². The number of nitrogens with zero attached hydrogens (tertiary/aromatic N) is 4. The summed E-state index contributed by atoms with van der Waals surface area (Å²) in [5, 5.41) is 7.22. The maximum atomic E-state index is 4.97. The summed E-state index contributed by atoms with van der Waals surface area (Å²) in [4.78, 5) is 4.97. The second-order valence-corrected chi connectivity index (χ2v) is 18.4. The molecule has 0 aliphatic heterocycles. The van der Waals surface area contributed by atoms with E-state index in [9.17, 15) is 0 Å². The fraction of sp³-hybridized carbons (Fsp3) is 0.0588. The molecular formula is C51H39N4PtSi-. The Balaban J connectivity index is 0.00000422. The molecule has 3 heterocycles. The fourth-order valence-electron chi connectivity index (χ4n) is 8.49. The van der Waals surface area contributed by atoms with Crippen LogP contribution in [0, 0.1) is 12.1 Å². The van der Waals surface area contributed by atoms with Gasteiger partial charge >= 0.3 is 0 Å². The fourth-order valence-corrected chi connectivity index (χ4v) is 13.0. The summed E-state index contributed by atoms with van der Waals surface area (Å²) in [5.74, 6) is 1.28. The summed E-state index contributed by atoms with van der Waals surface area (Å²) in [5.41, 5.74) is 7.75. The van der Waals surface area contributed by atoms with Crippen molar-refractivity contribution in [1.29, 1.82) is 0 Å². The van der Waals surface area contributed by atoms with Crippen LogP contribution in [0.2, 0.25) is 0 Å². The molecule has 0 radical (unpaired) electrons. The molecule has 4 nitrogen and oxygen atoms in total. The average molecular weight is 931 g/mol. The number of pyridine rings is 1. The smallest absolute Gasteiger partial charge is 0.168 e. The van der Waals surface area contributed by atoms with Gasteiger partial charge in [-0.05, 0) is 57.6 Å². The third-order valence-electron chi connectivity index (χ3n) is 11.2. The molecule has 0 aliphatic rings. The largest absolute Gasteiger partial charge is 0.319 e. The average Bonchev–Trinajstić information content (AvgIpc) is 3.82. The van der Waals surface area contributed by atoms with Gasteiger partial charge in [0.05, 0.1) is 0 Å². The van der Waals surface area contributed by atoms with Gasteiger partial charge in [0.1, 0.15) is 19.6 Å². The van der Waals surface area contributed by atoms with Crippen molar-refractivity contribution in [3.8, 4) is 17.2 Å². The number of para-hydroxylation sites is 4. The molecule has 10 aromatic rings. The molecule has 3 aromatic heterocycles. The van der Waals surface area contributed by atoms with Gasteiger partial charge in [0.2, 0.25) is 0 Å². The minimum absolute atomic E-state index is 0. The zero-order valence-corrected chi connectivity index (χ0v) is 34.9. The zero-order valence-electron chi connectivity index (χ0n) is 31.7. The van der Waals surface area contributed by atoms with Crippen molar-refractivity contribution in [2.75, 3.05) is 0 Å². The van der Waals surface area contributed by atoms with Crippen molar-refractivity contribution >= 4 is 61.7 Å². The Bertz CT molecular complexity index is 2970. The first-order valence-corrected chi connectivity index (χ1v) is 21.2. The Morgan fingerprint density at radius 3 is 1.82 bits per heavy atom. The van der Waals surface area contributed by atoms with Gasteiger partial charge in [-0.3, -0.25) is 0 Å². The van der Waals surface area contributed by atoms with E-state index in [0.29, 0.717) is 5.92 Å². The van der Waals surface area contributed by atoms with E-state index in [0.717, 1.165) is 55.0 Å². The first-order chi connectivity index (χ1) is 27.6. The molecule has 0 saturated heterocycles. The molecule has 278 valence electrons. The maximum Gasteiger partial charge on any atom is 0.168 e. The molecule has 10 rings (SSSR count). The monoisotopic (exact) mass is 930 g/mol. The van der Waals surface area contributed by atoms with Crippen molar-refractivity contribution < 1.29 is 21.1 Å². The molecular weight excluding hydrogens is 892 g/mol. The van der Waals surface area contributed by atoms with Gasteiger partial charge in [-0.15, -0.1) is 17.5 Å². The SMILES string of the molecule is CC(C)c1ccnc(-n2c3[c-]c([Si](c4[c-]c(-n5[cH+]n(-c6ccccc6)c6ccccc65)ccc4)(c4ccccc4)c4ccccc4)ccc3c3ccccc32)c1.[Pt]. The molecule has 57 heavy (non-hydrogen) atoms. The van der Waals surface area contributed by atoms with Gasteiger partial charge in [-0.1, -0.05) is 129 Å². The summed E-state index contributed by atoms with van der Waals surface area (Å²) in [7, 11) is -3.07. The van der Waals surface area contributed by atoms with E-state index >= 15 is 0 Å². The predicted octanol–water partition coefficient (Wildman–Crippen LogP) is 9.29. The van der Waals surface area contributed by atoms with Gasteiger partial charge in [0, 0.05) is 50.6 Å². The minimum Gasteiger partial charge on any atom is -0.319 e. The van der Waals surface area contributed by atoms with Crippen LogP contribution < -0.4 is 20.7 Å². The Morgan fingerprint density at radius 2 is 1.14 bits per heavy atom. The number of rotatable bonds is 8. The van der Waals surface area contributed by atoms with E-state index in [4.69, 9.17) is 4.98 Å². The molecule has 6 heteroatoms. The summed E-state index contributed by atoms with van der Waals surface area (Å²) in [6.07, 6.45) is 4.13. The van der Waals surface area contributed by atoms with Crippen LogP contribution >= 0.6 is 0 Å². The van der Waals surface area contributed by atoms with Crippen molar-refractivity contribution in [2.24, 2.45) is 0 Å². The Labute approximate surface area is 348 Å². The van der Waals surface area contributed by atoms with Gasteiger partial charge in [0.15, 0.2) is 17.4 Å². The molecule has 0 unspecified atom stereocenters. The standard InChI is InChI=1S/C51H39N4Si.Pt/c1-37(2)38-31-32-52-51(33-38)55-47-26-13-12-25-45(47)46-30-29-44(35-50(46)55)56(41-20-8-4-9-21-41,42-22-10-5-11-23-42)43-24-16-19-40(34-43)54-36-53(39-17-6-3-7-18-39)48-27-14-15-28-49(48)54;/h3-33,36-37H,1-2H3;/q-1;. The van der Waals surface area contributed by atoms with E-state index in [1.165, 1.54) is 21.3 Å². The summed E-state index contributed by atoms with van der Waals surface area (Å²) in [6, 6.07) is 73.8. The molecule has 0 bridgehead atoms. The van der Waals surface area contributed by atoms with Gasteiger partial charge in [0.25, 0.3) is 0 Å². The van der Waals surface area contributed by atoms with Crippen LogP contribution in [0.1, 0.15) is 25.3 Å². The van der Waals surface area contributed by atoms with E-state index < -0.39 is 8.07 Å². The predicted molar refractivity (Wildman–Crippen MR) is 235 cm³/mol. The van der Waals surface area contributed by atoms with E-state index in [1.54, 1.807) is 0 Å². The molecule has 0 saturated carbocycles. The van der Waals surface area contributed by atoms with Crippen LogP contribution in [0.15, 0.2) is 195 Å². The normalized spacial score (nSPS) is 11.7. The third kappa shape index (κ3) is 6.10. The van der Waals surface area contributed by atoms with E-state index in [1.807, 2.05) is 6.20 Å². The molecule has 0 spiro atoms. The minimum atomic E-state index is -3.07. The summed E-state index contributed by atoms with van der Waals surface area (Å²) < 4.78 is 6.85. The van der Waals surface area contributed by atoms with E-state index in [-0.39, 0.29) is 21.1 Å². The van der Waals surface area contributed by atoms with Crippen molar-refractivity contribution in [3.63, 3.8) is 0 Å². The number of imidazole rings is 1. The molecule has 0 atom stereocenters. The van der Waals surface area contributed by atoms with Gasteiger partial charge < -0.3 is 4.57 Å². The van der Waals surface area contributed by atoms with Crippen LogP contribution in [0.5, 0.6) is 0 Å². The first kappa shape index (κ1) is 36.5.